The number of nitrogens with one attached hydrogen (secondary N) is 1. The topological polar surface area (TPSA) is 75.0 Å². The molecular weight excluding hydrogens is 380 g/mol. The zero-order valence-corrected chi connectivity index (χ0v) is 16.6. The van der Waals surface area contributed by atoms with Crippen LogP contribution in [-0.4, -0.2) is 22.8 Å². The van der Waals surface area contributed by atoms with Crippen LogP contribution in [0.15, 0.2) is 66.0 Å². The van der Waals surface area contributed by atoms with Gasteiger partial charge in [0.2, 0.25) is 0 Å². The molecule has 0 saturated carbocycles. The zero-order chi connectivity index (χ0) is 19.8. The highest BCUT2D eigenvalue weighted by molar-refractivity contribution is 7.09. The normalized spacial score (nSPS) is 11.9. The van der Waals surface area contributed by atoms with Crippen LogP contribution in [0.4, 0.5) is 10.5 Å². The van der Waals surface area contributed by atoms with Crippen LogP contribution in [0.2, 0.25) is 0 Å². The standard InChI is InChI=1S/C23H20N4OS/c24-23(28)27(12-11-18-5-3-13-29-18)17-9-7-15(8-10-17)21-20-14-16-4-1-2-6-19(16)22(20)26-25-21/h1-10,13H,11-12,14H2,(H2,24,28)(H,25,26). The van der Waals surface area contributed by atoms with Gasteiger partial charge in [-0.2, -0.15) is 5.10 Å². The lowest BCUT2D eigenvalue weighted by molar-refractivity contribution is 0.254. The van der Waals surface area contributed by atoms with Gasteiger partial charge in [0.15, 0.2) is 0 Å². The van der Waals surface area contributed by atoms with Crippen LogP contribution >= 0.6 is 11.3 Å². The van der Waals surface area contributed by atoms with E-state index in [0.29, 0.717) is 6.54 Å². The smallest absolute Gasteiger partial charge is 0.319 e. The number of thiophene rings is 1. The minimum atomic E-state index is -0.439. The van der Waals surface area contributed by atoms with Gasteiger partial charge in [-0.3, -0.25) is 10.00 Å². The molecule has 2 amide bonds. The summed E-state index contributed by atoms with van der Waals surface area (Å²) in [7, 11) is 0. The van der Waals surface area contributed by atoms with Crippen LogP contribution in [0, 0.1) is 0 Å². The Morgan fingerprint density at radius 3 is 2.69 bits per heavy atom. The van der Waals surface area contributed by atoms with Crippen LogP contribution in [0.3, 0.4) is 0 Å². The number of aromatic nitrogens is 2. The molecule has 1 aliphatic carbocycles. The summed E-state index contributed by atoms with van der Waals surface area (Å²) in [4.78, 5) is 14.8. The number of aromatic amines is 1. The van der Waals surface area contributed by atoms with E-state index in [9.17, 15) is 4.79 Å². The third-order valence-corrected chi connectivity index (χ3v) is 6.34. The first kappa shape index (κ1) is 17.7. The molecule has 0 saturated heterocycles. The van der Waals surface area contributed by atoms with Gasteiger partial charge >= 0.3 is 6.03 Å². The Labute approximate surface area is 172 Å². The van der Waals surface area contributed by atoms with E-state index in [0.717, 1.165) is 35.5 Å². The van der Waals surface area contributed by atoms with Crippen molar-refractivity contribution >= 4 is 23.1 Å². The van der Waals surface area contributed by atoms with E-state index in [1.165, 1.54) is 21.6 Å². The molecule has 5 rings (SSSR count). The molecule has 0 radical (unpaired) electrons. The SMILES string of the molecule is NC(=O)N(CCc1cccs1)c1ccc(-c2n[nH]c3c2Cc2ccccc2-3)cc1. The second-order valence-electron chi connectivity index (χ2n) is 7.13. The number of benzene rings is 2. The Balaban J connectivity index is 1.39. The third-order valence-electron chi connectivity index (χ3n) is 5.40. The van der Waals surface area contributed by atoms with E-state index in [2.05, 4.69) is 40.5 Å². The van der Waals surface area contributed by atoms with Crippen molar-refractivity contribution in [1.29, 1.82) is 0 Å². The Hall–Kier alpha value is -3.38. The number of carbonyl (C=O) groups excluding carboxylic acids is 1. The first-order valence-corrected chi connectivity index (χ1v) is 10.4. The van der Waals surface area contributed by atoms with Gasteiger partial charge in [-0.1, -0.05) is 42.5 Å². The molecule has 2 aromatic carbocycles. The van der Waals surface area contributed by atoms with Crippen molar-refractivity contribution in [2.75, 3.05) is 11.4 Å². The Morgan fingerprint density at radius 2 is 1.93 bits per heavy atom. The van der Waals surface area contributed by atoms with E-state index in [1.807, 2.05) is 35.7 Å². The van der Waals surface area contributed by atoms with Gasteiger partial charge in [-0.15, -0.1) is 11.3 Å². The van der Waals surface area contributed by atoms with E-state index in [-0.39, 0.29) is 0 Å². The minimum absolute atomic E-state index is 0.439. The van der Waals surface area contributed by atoms with Crippen molar-refractivity contribution in [2.24, 2.45) is 5.73 Å². The molecule has 0 fully saturated rings. The Kier molecular flexibility index (Phi) is 4.41. The predicted octanol–water partition coefficient (Wildman–Crippen LogP) is 4.84. The molecular formula is C23H20N4OS. The van der Waals surface area contributed by atoms with Crippen molar-refractivity contribution in [3.8, 4) is 22.5 Å². The van der Waals surface area contributed by atoms with Crippen molar-refractivity contribution in [3.05, 3.63) is 82.0 Å². The first-order chi connectivity index (χ1) is 14.2. The van der Waals surface area contributed by atoms with Crippen molar-refractivity contribution < 1.29 is 4.79 Å². The fraction of sp³-hybridized carbons (Fsp3) is 0.130. The number of hydrogen-bond acceptors (Lipinski definition) is 3. The number of H-pyrrole nitrogens is 1. The summed E-state index contributed by atoms with van der Waals surface area (Å²) in [6.07, 6.45) is 1.67. The van der Waals surface area contributed by atoms with Gasteiger partial charge in [-0.25, -0.2) is 4.79 Å². The molecule has 2 heterocycles. The summed E-state index contributed by atoms with van der Waals surface area (Å²) in [6, 6.07) is 20.0. The molecule has 1 aliphatic rings. The number of nitrogens with zero attached hydrogens (tertiary/aromatic N) is 2. The van der Waals surface area contributed by atoms with E-state index < -0.39 is 6.03 Å². The monoisotopic (exact) mass is 400 g/mol. The number of carbonyl (C=O) groups is 1. The lowest BCUT2D eigenvalue weighted by atomic mass is 10.0. The number of rotatable bonds is 5. The van der Waals surface area contributed by atoms with Crippen LogP contribution in [0.5, 0.6) is 0 Å². The van der Waals surface area contributed by atoms with Gasteiger partial charge < -0.3 is 5.73 Å². The molecule has 5 nitrogen and oxygen atoms in total. The molecule has 29 heavy (non-hydrogen) atoms. The second-order valence-corrected chi connectivity index (χ2v) is 8.16. The molecule has 6 heteroatoms. The Morgan fingerprint density at radius 1 is 1.10 bits per heavy atom. The zero-order valence-electron chi connectivity index (χ0n) is 15.8. The van der Waals surface area contributed by atoms with E-state index >= 15 is 0 Å². The highest BCUT2D eigenvalue weighted by Crippen LogP contribution is 2.40. The highest BCUT2D eigenvalue weighted by atomic mass is 32.1. The summed E-state index contributed by atoms with van der Waals surface area (Å²) in [5.41, 5.74) is 13.3. The molecule has 0 spiro atoms. The summed E-state index contributed by atoms with van der Waals surface area (Å²) in [5.74, 6) is 0. The maximum atomic E-state index is 12.0. The molecule has 3 N–H and O–H groups in total. The quantitative estimate of drug-likeness (QED) is 0.443. The summed E-state index contributed by atoms with van der Waals surface area (Å²) in [6.45, 7) is 0.558. The van der Waals surface area contributed by atoms with E-state index in [1.54, 1.807) is 16.2 Å². The van der Waals surface area contributed by atoms with Crippen LogP contribution in [0.1, 0.15) is 16.0 Å². The summed E-state index contributed by atoms with van der Waals surface area (Å²) < 4.78 is 0. The number of urea groups is 1. The number of fused-ring (bicyclic) bond motifs is 3. The highest BCUT2D eigenvalue weighted by Gasteiger charge is 2.24. The average Bonchev–Trinajstić information content (AvgIpc) is 3.45. The van der Waals surface area contributed by atoms with Crippen LogP contribution < -0.4 is 10.6 Å². The average molecular weight is 401 g/mol. The Bertz CT molecular complexity index is 1160. The largest absolute Gasteiger partial charge is 0.351 e. The van der Waals surface area contributed by atoms with Gasteiger partial charge in [0.1, 0.15) is 0 Å². The first-order valence-electron chi connectivity index (χ1n) is 9.56. The lowest BCUT2D eigenvalue weighted by Crippen LogP contribution is -2.37. The molecule has 0 aliphatic heterocycles. The molecule has 0 atom stereocenters. The van der Waals surface area contributed by atoms with Gasteiger partial charge in [0, 0.05) is 40.2 Å². The van der Waals surface area contributed by atoms with Crippen molar-refractivity contribution in [2.45, 2.75) is 12.8 Å². The van der Waals surface area contributed by atoms with Crippen molar-refractivity contribution in [3.63, 3.8) is 0 Å². The second kappa shape index (κ2) is 7.22. The number of primary amides is 1. The fourth-order valence-electron chi connectivity index (χ4n) is 3.95. The lowest BCUT2D eigenvalue weighted by Gasteiger charge is -2.20. The maximum Gasteiger partial charge on any atom is 0.319 e. The number of nitrogens with two attached hydrogens (primary N) is 1. The number of hydrogen-bond donors (Lipinski definition) is 2. The molecule has 144 valence electrons. The van der Waals surface area contributed by atoms with Crippen LogP contribution in [-0.2, 0) is 12.8 Å². The third kappa shape index (κ3) is 3.21. The molecule has 2 aromatic heterocycles. The molecule has 0 unspecified atom stereocenters. The summed E-state index contributed by atoms with van der Waals surface area (Å²) in [5, 5.41) is 9.80. The maximum absolute atomic E-state index is 12.0. The summed E-state index contributed by atoms with van der Waals surface area (Å²) >= 11 is 1.69. The number of anilines is 1. The van der Waals surface area contributed by atoms with Gasteiger partial charge in [0.25, 0.3) is 0 Å². The van der Waals surface area contributed by atoms with Crippen LogP contribution in [0.25, 0.3) is 22.5 Å². The van der Waals surface area contributed by atoms with E-state index in [4.69, 9.17) is 5.73 Å². The molecule has 4 aromatic rings. The van der Waals surface area contributed by atoms with Gasteiger partial charge in [-0.05, 0) is 35.6 Å². The number of amides is 2. The van der Waals surface area contributed by atoms with Gasteiger partial charge in [0.05, 0.1) is 11.4 Å². The predicted molar refractivity (Wildman–Crippen MR) is 117 cm³/mol. The molecule has 0 bridgehead atoms. The minimum Gasteiger partial charge on any atom is -0.351 e. The fourth-order valence-corrected chi connectivity index (χ4v) is 4.65. The van der Waals surface area contributed by atoms with Crippen molar-refractivity contribution in [1.82, 2.24) is 10.2 Å².